The van der Waals surface area contributed by atoms with Crippen LogP contribution in [0.1, 0.15) is 41.6 Å². The topological polar surface area (TPSA) is 37.3 Å². The Morgan fingerprint density at radius 3 is 2.56 bits per heavy atom. The standard InChI is InChI=1S/C13H15FO2/c1-9-8-10(14)4-5-11(9)12(15)13(16)6-2-3-7-13/h4-5,8,16H,2-3,6-7H2,1H3. The van der Waals surface area contributed by atoms with Crippen LogP contribution in [-0.2, 0) is 0 Å². The van der Waals surface area contributed by atoms with E-state index in [4.69, 9.17) is 0 Å². The molecule has 2 rings (SSSR count). The number of benzene rings is 1. The van der Waals surface area contributed by atoms with Gasteiger partial charge in [0.2, 0.25) is 0 Å². The van der Waals surface area contributed by atoms with Gasteiger partial charge < -0.3 is 5.11 Å². The van der Waals surface area contributed by atoms with Crippen molar-refractivity contribution in [3.63, 3.8) is 0 Å². The first-order valence-electron chi connectivity index (χ1n) is 5.56. The molecule has 1 aliphatic carbocycles. The van der Waals surface area contributed by atoms with Crippen LogP contribution in [0.4, 0.5) is 4.39 Å². The number of carbonyl (C=O) groups is 1. The van der Waals surface area contributed by atoms with Crippen molar-refractivity contribution in [1.29, 1.82) is 0 Å². The minimum absolute atomic E-state index is 0.262. The number of aliphatic hydroxyl groups is 1. The van der Waals surface area contributed by atoms with Crippen molar-refractivity contribution in [2.75, 3.05) is 0 Å². The molecule has 1 N–H and O–H groups in total. The van der Waals surface area contributed by atoms with Gasteiger partial charge in [-0.2, -0.15) is 0 Å². The van der Waals surface area contributed by atoms with Crippen LogP contribution in [0.5, 0.6) is 0 Å². The summed E-state index contributed by atoms with van der Waals surface area (Å²) in [5.74, 6) is -0.616. The second-order valence-electron chi connectivity index (χ2n) is 4.53. The third-order valence-corrected chi connectivity index (χ3v) is 3.29. The zero-order valence-corrected chi connectivity index (χ0v) is 9.29. The highest BCUT2D eigenvalue weighted by atomic mass is 19.1. The number of hydrogen-bond donors (Lipinski definition) is 1. The van der Waals surface area contributed by atoms with Crippen molar-refractivity contribution >= 4 is 5.78 Å². The maximum absolute atomic E-state index is 12.9. The number of ketones is 1. The molecule has 0 unspecified atom stereocenters. The number of hydrogen-bond acceptors (Lipinski definition) is 2. The van der Waals surface area contributed by atoms with Crippen molar-refractivity contribution in [3.8, 4) is 0 Å². The van der Waals surface area contributed by atoms with Gasteiger partial charge in [-0.1, -0.05) is 0 Å². The molecule has 3 heteroatoms. The van der Waals surface area contributed by atoms with E-state index in [1.54, 1.807) is 6.92 Å². The molecule has 0 atom stereocenters. The van der Waals surface area contributed by atoms with Gasteiger partial charge in [0.25, 0.3) is 0 Å². The van der Waals surface area contributed by atoms with E-state index in [9.17, 15) is 14.3 Å². The van der Waals surface area contributed by atoms with Crippen LogP contribution in [0.15, 0.2) is 18.2 Å². The van der Waals surface area contributed by atoms with E-state index in [1.807, 2.05) is 0 Å². The van der Waals surface area contributed by atoms with E-state index in [0.717, 1.165) is 12.8 Å². The average molecular weight is 222 g/mol. The summed E-state index contributed by atoms with van der Waals surface area (Å²) in [6.45, 7) is 1.69. The van der Waals surface area contributed by atoms with Gasteiger partial charge in [-0.15, -0.1) is 0 Å². The van der Waals surface area contributed by atoms with Crippen LogP contribution in [0.3, 0.4) is 0 Å². The second-order valence-corrected chi connectivity index (χ2v) is 4.53. The third-order valence-electron chi connectivity index (χ3n) is 3.29. The van der Waals surface area contributed by atoms with Crippen molar-refractivity contribution in [1.82, 2.24) is 0 Å². The lowest BCUT2D eigenvalue weighted by atomic mass is 9.89. The van der Waals surface area contributed by atoms with E-state index in [2.05, 4.69) is 0 Å². The molecule has 0 aromatic heterocycles. The highest BCUT2D eigenvalue weighted by Crippen LogP contribution is 2.33. The first-order chi connectivity index (χ1) is 7.53. The van der Waals surface area contributed by atoms with Gasteiger partial charge in [-0.05, 0) is 56.4 Å². The molecule has 0 amide bonds. The molecule has 0 radical (unpaired) electrons. The summed E-state index contributed by atoms with van der Waals surface area (Å²) in [5.41, 5.74) is -0.195. The zero-order valence-electron chi connectivity index (χ0n) is 9.29. The van der Waals surface area contributed by atoms with Crippen LogP contribution in [0, 0.1) is 12.7 Å². The van der Waals surface area contributed by atoms with Crippen molar-refractivity contribution in [2.45, 2.75) is 38.2 Å². The quantitative estimate of drug-likeness (QED) is 0.781. The minimum atomic E-state index is -1.22. The van der Waals surface area contributed by atoms with Gasteiger partial charge in [0.05, 0.1) is 0 Å². The normalized spacial score (nSPS) is 18.7. The molecule has 0 bridgehead atoms. The van der Waals surface area contributed by atoms with Crippen LogP contribution in [0.2, 0.25) is 0 Å². The fourth-order valence-corrected chi connectivity index (χ4v) is 2.32. The van der Waals surface area contributed by atoms with Gasteiger partial charge >= 0.3 is 0 Å². The lowest BCUT2D eigenvalue weighted by Crippen LogP contribution is -2.35. The Kier molecular flexibility index (Phi) is 2.80. The molecule has 0 aliphatic heterocycles. The number of halogens is 1. The first-order valence-corrected chi connectivity index (χ1v) is 5.56. The molecule has 1 aromatic carbocycles. The fraction of sp³-hybridized carbons (Fsp3) is 0.462. The molecule has 0 spiro atoms. The molecule has 1 fully saturated rings. The maximum atomic E-state index is 12.9. The summed E-state index contributed by atoms with van der Waals surface area (Å²) in [7, 11) is 0. The summed E-state index contributed by atoms with van der Waals surface area (Å²) in [5, 5.41) is 10.2. The van der Waals surface area contributed by atoms with Crippen LogP contribution < -0.4 is 0 Å². The Labute approximate surface area is 94.1 Å². The molecule has 1 saturated carbocycles. The smallest absolute Gasteiger partial charge is 0.194 e. The molecule has 1 aliphatic rings. The molecule has 0 heterocycles. The second kappa shape index (κ2) is 3.98. The van der Waals surface area contributed by atoms with Gasteiger partial charge in [-0.3, -0.25) is 4.79 Å². The molecule has 0 saturated heterocycles. The number of aryl methyl sites for hydroxylation is 1. The van der Waals surface area contributed by atoms with E-state index in [0.29, 0.717) is 24.0 Å². The molecule has 1 aromatic rings. The predicted molar refractivity (Wildman–Crippen MR) is 58.9 cm³/mol. The van der Waals surface area contributed by atoms with Gasteiger partial charge in [0.15, 0.2) is 5.78 Å². The number of Topliss-reactive ketones (excluding diaryl/α,β-unsaturated/α-hetero) is 1. The van der Waals surface area contributed by atoms with E-state index < -0.39 is 5.60 Å². The highest BCUT2D eigenvalue weighted by Gasteiger charge is 2.39. The Balaban J connectivity index is 2.33. The average Bonchev–Trinajstić information content (AvgIpc) is 2.66. The molecule has 2 nitrogen and oxygen atoms in total. The summed E-state index contributed by atoms with van der Waals surface area (Å²) < 4.78 is 12.9. The minimum Gasteiger partial charge on any atom is -0.382 e. The zero-order chi connectivity index (χ0) is 11.8. The van der Waals surface area contributed by atoms with Crippen molar-refractivity contribution in [3.05, 3.63) is 35.1 Å². The monoisotopic (exact) mass is 222 g/mol. The molecule has 16 heavy (non-hydrogen) atoms. The fourth-order valence-electron chi connectivity index (χ4n) is 2.32. The van der Waals surface area contributed by atoms with Crippen LogP contribution in [-0.4, -0.2) is 16.5 Å². The van der Waals surface area contributed by atoms with Crippen molar-refractivity contribution in [2.24, 2.45) is 0 Å². The predicted octanol–water partition coefficient (Wildman–Crippen LogP) is 2.62. The van der Waals surface area contributed by atoms with Crippen molar-refractivity contribution < 1.29 is 14.3 Å². The molecule has 86 valence electrons. The lowest BCUT2D eigenvalue weighted by molar-refractivity contribution is 0.0352. The SMILES string of the molecule is Cc1cc(F)ccc1C(=O)C1(O)CCCC1. The maximum Gasteiger partial charge on any atom is 0.194 e. The van der Waals surface area contributed by atoms with E-state index >= 15 is 0 Å². The molecular weight excluding hydrogens is 207 g/mol. The highest BCUT2D eigenvalue weighted by molar-refractivity contribution is 6.03. The Morgan fingerprint density at radius 1 is 1.38 bits per heavy atom. The Hall–Kier alpha value is -1.22. The van der Waals surface area contributed by atoms with E-state index in [-0.39, 0.29) is 11.6 Å². The Bertz CT molecular complexity index is 420. The lowest BCUT2D eigenvalue weighted by Gasteiger charge is -2.21. The van der Waals surface area contributed by atoms with Gasteiger partial charge in [-0.25, -0.2) is 4.39 Å². The first kappa shape index (κ1) is 11.3. The Morgan fingerprint density at radius 2 is 2.00 bits per heavy atom. The van der Waals surface area contributed by atoms with Gasteiger partial charge in [0, 0.05) is 5.56 Å². The van der Waals surface area contributed by atoms with Gasteiger partial charge in [0.1, 0.15) is 11.4 Å². The third kappa shape index (κ3) is 1.87. The molecular formula is C13H15FO2. The number of rotatable bonds is 2. The van der Waals surface area contributed by atoms with E-state index in [1.165, 1.54) is 18.2 Å². The van der Waals surface area contributed by atoms with Crippen LogP contribution in [0.25, 0.3) is 0 Å². The summed E-state index contributed by atoms with van der Waals surface area (Å²) >= 11 is 0. The summed E-state index contributed by atoms with van der Waals surface area (Å²) in [6.07, 6.45) is 2.79. The van der Waals surface area contributed by atoms with Crippen LogP contribution >= 0.6 is 0 Å². The largest absolute Gasteiger partial charge is 0.382 e. The summed E-state index contributed by atoms with van der Waals surface area (Å²) in [4.78, 5) is 12.1. The number of carbonyl (C=O) groups excluding carboxylic acids is 1. The summed E-state index contributed by atoms with van der Waals surface area (Å²) in [6, 6.07) is 4.05.